The second-order valence-electron chi connectivity index (χ2n) is 11.1. The van der Waals surface area contributed by atoms with Gasteiger partial charge in [0.05, 0.1) is 0 Å². The lowest BCUT2D eigenvalue weighted by atomic mass is 9.97. The largest absolute Gasteiger partial charge is 0.355 e. The highest BCUT2D eigenvalue weighted by atomic mass is 15.1. The van der Waals surface area contributed by atoms with Crippen LogP contribution in [0.15, 0.2) is 176 Å². The van der Waals surface area contributed by atoms with Crippen molar-refractivity contribution in [3.05, 3.63) is 176 Å². The molecule has 1 aromatic heterocycles. The smallest absolute Gasteiger partial charge is 0.0465 e. The second kappa shape index (κ2) is 11.1. The van der Waals surface area contributed by atoms with Crippen LogP contribution in [0.1, 0.15) is 0 Å². The summed E-state index contributed by atoms with van der Waals surface area (Å²) in [7, 11) is 0. The van der Waals surface area contributed by atoms with Gasteiger partial charge in [-0.2, -0.15) is 0 Å². The van der Waals surface area contributed by atoms with Gasteiger partial charge in [-0.05, 0) is 100 Å². The molecule has 208 valence electrons. The number of aromatic amines is 1. The van der Waals surface area contributed by atoms with Crippen LogP contribution in [-0.4, -0.2) is 4.98 Å². The second-order valence-corrected chi connectivity index (χ2v) is 11.1. The maximum Gasteiger partial charge on any atom is 0.0465 e. The van der Waals surface area contributed by atoms with E-state index >= 15 is 0 Å². The van der Waals surface area contributed by atoms with Gasteiger partial charge in [0.1, 0.15) is 0 Å². The Morgan fingerprint density at radius 2 is 0.682 bits per heavy atom. The van der Waals surface area contributed by atoms with Gasteiger partial charge in [-0.15, -0.1) is 0 Å². The van der Waals surface area contributed by atoms with Gasteiger partial charge in [-0.1, -0.05) is 109 Å². The molecule has 0 aliphatic heterocycles. The quantitative estimate of drug-likeness (QED) is 0.214. The Hall–Kier alpha value is -5.86. The topological polar surface area (TPSA) is 19.0 Å². The minimum absolute atomic E-state index is 1.13. The molecule has 0 radical (unpaired) electrons. The SMILES string of the molecule is c1ccc(-c2cccc(-c3ccc4[nH]c5ccc(-c6ccc(N(c7ccccc7)c7ccccc7)cc6)cc5c4c3)c2)cc1. The molecular formula is C42H30N2. The van der Waals surface area contributed by atoms with Gasteiger partial charge in [-0.3, -0.25) is 0 Å². The van der Waals surface area contributed by atoms with E-state index in [2.05, 4.69) is 186 Å². The fraction of sp³-hybridized carbons (Fsp3) is 0. The summed E-state index contributed by atoms with van der Waals surface area (Å²) in [5.74, 6) is 0. The van der Waals surface area contributed by atoms with Crippen LogP contribution >= 0.6 is 0 Å². The highest BCUT2D eigenvalue weighted by Gasteiger charge is 2.13. The molecule has 0 saturated heterocycles. The number of aromatic nitrogens is 1. The van der Waals surface area contributed by atoms with Crippen LogP contribution in [0, 0.1) is 0 Å². The summed E-state index contributed by atoms with van der Waals surface area (Å²) in [6, 6.07) is 62.8. The molecule has 0 unspecified atom stereocenters. The van der Waals surface area contributed by atoms with Gasteiger partial charge in [0.15, 0.2) is 0 Å². The number of hydrogen-bond acceptors (Lipinski definition) is 1. The number of H-pyrrole nitrogens is 1. The summed E-state index contributed by atoms with van der Waals surface area (Å²) in [6.45, 7) is 0. The van der Waals surface area contributed by atoms with Gasteiger partial charge in [0.2, 0.25) is 0 Å². The van der Waals surface area contributed by atoms with Crippen LogP contribution < -0.4 is 4.90 Å². The standard InChI is InChI=1S/C42H30N2/c1-4-11-30(12-5-1)32-13-10-14-33(27-32)35-22-26-42-40(29-35)39-28-34(21-25-41(39)43-42)31-19-23-38(24-20-31)44(36-15-6-2-7-16-36)37-17-8-3-9-18-37/h1-29,43H. The Morgan fingerprint density at radius 1 is 0.295 bits per heavy atom. The van der Waals surface area contributed by atoms with Crippen molar-refractivity contribution in [1.29, 1.82) is 0 Å². The highest BCUT2D eigenvalue weighted by Crippen LogP contribution is 2.37. The van der Waals surface area contributed by atoms with Crippen molar-refractivity contribution in [2.75, 3.05) is 4.90 Å². The van der Waals surface area contributed by atoms with Gasteiger partial charge >= 0.3 is 0 Å². The average molecular weight is 563 g/mol. The summed E-state index contributed by atoms with van der Waals surface area (Å²) < 4.78 is 0. The first-order chi connectivity index (χ1) is 21.8. The van der Waals surface area contributed by atoms with E-state index in [0.717, 1.165) is 28.1 Å². The minimum Gasteiger partial charge on any atom is -0.355 e. The van der Waals surface area contributed by atoms with Crippen LogP contribution in [0.4, 0.5) is 17.1 Å². The Bertz CT molecular complexity index is 2160. The highest BCUT2D eigenvalue weighted by molar-refractivity contribution is 6.09. The fourth-order valence-electron chi connectivity index (χ4n) is 6.17. The van der Waals surface area contributed by atoms with Crippen LogP contribution in [-0.2, 0) is 0 Å². The Balaban J connectivity index is 1.16. The molecule has 0 bridgehead atoms. The molecule has 8 aromatic rings. The molecule has 0 spiro atoms. The van der Waals surface area contributed by atoms with Gasteiger partial charge in [0, 0.05) is 38.9 Å². The van der Waals surface area contributed by atoms with Crippen molar-refractivity contribution in [1.82, 2.24) is 4.98 Å². The molecule has 0 amide bonds. The van der Waals surface area contributed by atoms with Gasteiger partial charge in [0.25, 0.3) is 0 Å². The third kappa shape index (κ3) is 4.83. The number of nitrogens with one attached hydrogen (secondary N) is 1. The molecule has 44 heavy (non-hydrogen) atoms. The molecule has 7 aromatic carbocycles. The Morgan fingerprint density at radius 3 is 1.25 bits per heavy atom. The monoisotopic (exact) mass is 562 g/mol. The van der Waals surface area contributed by atoms with E-state index in [1.807, 2.05) is 0 Å². The third-order valence-electron chi connectivity index (χ3n) is 8.39. The molecule has 0 fully saturated rings. The molecule has 2 nitrogen and oxygen atoms in total. The molecule has 8 rings (SSSR count). The first kappa shape index (κ1) is 25.8. The van der Waals surface area contributed by atoms with Crippen molar-refractivity contribution < 1.29 is 0 Å². The Kier molecular flexibility index (Phi) is 6.51. The van der Waals surface area contributed by atoms with E-state index in [0.29, 0.717) is 0 Å². The van der Waals surface area contributed by atoms with Crippen LogP contribution in [0.2, 0.25) is 0 Å². The van der Waals surface area contributed by atoms with E-state index in [4.69, 9.17) is 0 Å². The average Bonchev–Trinajstić information content (AvgIpc) is 3.47. The normalized spacial score (nSPS) is 11.2. The molecule has 2 heteroatoms. The number of anilines is 3. The number of para-hydroxylation sites is 2. The van der Waals surface area contributed by atoms with Crippen LogP contribution in [0.25, 0.3) is 55.2 Å². The zero-order valence-electron chi connectivity index (χ0n) is 24.2. The van der Waals surface area contributed by atoms with Gasteiger partial charge < -0.3 is 9.88 Å². The van der Waals surface area contributed by atoms with Gasteiger partial charge in [-0.25, -0.2) is 0 Å². The van der Waals surface area contributed by atoms with Crippen molar-refractivity contribution >= 4 is 38.9 Å². The lowest BCUT2D eigenvalue weighted by Crippen LogP contribution is -2.09. The fourth-order valence-corrected chi connectivity index (χ4v) is 6.17. The van der Waals surface area contributed by atoms with E-state index in [-0.39, 0.29) is 0 Å². The maximum atomic E-state index is 3.63. The van der Waals surface area contributed by atoms with Crippen LogP contribution in [0.5, 0.6) is 0 Å². The van der Waals surface area contributed by atoms with Crippen molar-refractivity contribution in [3.63, 3.8) is 0 Å². The number of fused-ring (bicyclic) bond motifs is 3. The number of benzene rings is 7. The molecule has 0 aliphatic rings. The number of hydrogen-bond donors (Lipinski definition) is 1. The summed E-state index contributed by atoms with van der Waals surface area (Å²) in [4.78, 5) is 5.92. The van der Waals surface area contributed by atoms with Crippen molar-refractivity contribution in [3.8, 4) is 33.4 Å². The lowest BCUT2D eigenvalue weighted by molar-refractivity contribution is 1.28. The minimum atomic E-state index is 1.13. The number of rotatable bonds is 6. The molecular weight excluding hydrogens is 532 g/mol. The number of nitrogens with zero attached hydrogens (tertiary/aromatic N) is 1. The molecule has 1 heterocycles. The zero-order valence-corrected chi connectivity index (χ0v) is 24.2. The predicted molar refractivity (Wildman–Crippen MR) is 187 cm³/mol. The first-order valence-electron chi connectivity index (χ1n) is 15.0. The molecule has 0 atom stereocenters. The van der Waals surface area contributed by atoms with E-state index in [1.165, 1.54) is 44.2 Å². The molecule has 0 saturated carbocycles. The molecule has 1 N–H and O–H groups in total. The third-order valence-corrected chi connectivity index (χ3v) is 8.39. The van der Waals surface area contributed by atoms with Crippen molar-refractivity contribution in [2.45, 2.75) is 0 Å². The van der Waals surface area contributed by atoms with E-state index in [9.17, 15) is 0 Å². The maximum absolute atomic E-state index is 3.63. The summed E-state index contributed by atoms with van der Waals surface area (Å²) in [6.07, 6.45) is 0. The van der Waals surface area contributed by atoms with E-state index in [1.54, 1.807) is 0 Å². The molecule has 0 aliphatic carbocycles. The van der Waals surface area contributed by atoms with E-state index < -0.39 is 0 Å². The Labute approximate surface area is 257 Å². The summed E-state index contributed by atoms with van der Waals surface area (Å²) >= 11 is 0. The van der Waals surface area contributed by atoms with Crippen molar-refractivity contribution in [2.24, 2.45) is 0 Å². The summed E-state index contributed by atoms with van der Waals surface area (Å²) in [5.41, 5.74) is 13.0. The summed E-state index contributed by atoms with van der Waals surface area (Å²) in [5, 5.41) is 2.47. The lowest BCUT2D eigenvalue weighted by Gasteiger charge is -2.25. The zero-order chi connectivity index (χ0) is 29.3. The first-order valence-corrected chi connectivity index (χ1v) is 15.0. The van der Waals surface area contributed by atoms with Crippen LogP contribution in [0.3, 0.4) is 0 Å². The predicted octanol–water partition coefficient (Wildman–Crippen LogP) is 11.8.